The molecule has 3 aromatic carbocycles. The Kier molecular flexibility index (Phi) is 9.34. The topological polar surface area (TPSA) is 125 Å². The number of ether oxygens (including phenoxy) is 1. The second-order valence-corrected chi connectivity index (χ2v) is 10.8. The van der Waals surface area contributed by atoms with Gasteiger partial charge in [0.25, 0.3) is 5.91 Å². The van der Waals surface area contributed by atoms with Crippen molar-refractivity contribution < 1.29 is 14.3 Å². The number of hydrogen-bond donors (Lipinski definition) is 3. The van der Waals surface area contributed by atoms with Crippen molar-refractivity contribution in [1.29, 1.82) is 0 Å². The van der Waals surface area contributed by atoms with Crippen LogP contribution in [0.5, 0.6) is 0 Å². The van der Waals surface area contributed by atoms with Crippen LogP contribution in [0.4, 0.5) is 22.1 Å². The van der Waals surface area contributed by atoms with Gasteiger partial charge in [0.1, 0.15) is 0 Å². The Labute approximate surface area is 256 Å². The highest BCUT2D eigenvalue weighted by Crippen LogP contribution is 2.25. The van der Waals surface area contributed by atoms with E-state index in [0.29, 0.717) is 67.4 Å². The number of nitrogens with zero attached hydrogens (tertiary/aromatic N) is 5. The quantitative estimate of drug-likeness (QED) is 0.259. The molecule has 3 N–H and O–H groups in total. The molecule has 0 bridgehead atoms. The van der Waals surface area contributed by atoms with Gasteiger partial charge < -0.3 is 30.5 Å². The summed E-state index contributed by atoms with van der Waals surface area (Å²) in [5.74, 6) is 1.65. The van der Waals surface area contributed by atoms with Crippen LogP contribution in [0.1, 0.15) is 23.2 Å². The molecule has 0 spiro atoms. The van der Waals surface area contributed by atoms with Gasteiger partial charge in [0, 0.05) is 54.2 Å². The molecule has 3 heterocycles. The zero-order valence-corrected chi connectivity index (χ0v) is 24.5. The third-order valence-electron chi connectivity index (χ3n) is 7.67. The Balaban J connectivity index is 1.07. The van der Waals surface area contributed by atoms with E-state index in [0.717, 1.165) is 30.8 Å². The third kappa shape index (κ3) is 7.55. The van der Waals surface area contributed by atoms with Gasteiger partial charge in [0.2, 0.25) is 5.95 Å². The predicted octanol–water partition coefficient (Wildman–Crippen LogP) is 4.51. The first-order valence-corrected chi connectivity index (χ1v) is 15.0. The highest BCUT2D eigenvalue weighted by atomic mass is 16.5. The summed E-state index contributed by atoms with van der Waals surface area (Å²) >= 11 is 0. The number of anilines is 3. The third-order valence-corrected chi connectivity index (χ3v) is 7.67. The molecule has 44 heavy (non-hydrogen) atoms. The molecule has 0 saturated carbocycles. The van der Waals surface area contributed by atoms with Crippen LogP contribution in [0.15, 0.2) is 78.9 Å². The van der Waals surface area contributed by atoms with Crippen LogP contribution in [-0.2, 0) is 4.74 Å². The average molecular weight is 593 g/mol. The first kappa shape index (κ1) is 29.2. The minimum atomic E-state index is -0.387. The summed E-state index contributed by atoms with van der Waals surface area (Å²) in [6, 6.07) is 23.7. The van der Waals surface area contributed by atoms with E-state index in [-0.39, 0.29) is 11.9 Å². The zero-order valence-electron chi connectivity index (χ0n) is 24.5. The molecule has 2 aliphatic rings. The Morgan fingerprint density at radius 2 is 1.30 bits per heavy atom. The Hall–Kier alpha value is -4.87. The van der Waals surface area contributed by atoms with Crippen LogP contribution in [0, 0.1) is 0 Å². The summed E-state index contributed by atoms with van der Waals surface area (Å²) < 4.78 is 5.51. The maximum Gasteiger partial charge on any atom is 0.323 e. The molecule has 6 rings (SSSR count). The summed E-state index contributed by atoms with van der Waals surface area (Å²) in [4.78, 5) is 43.9. The molecule has 0 unspecified atom stereocenters. The van der Waals surface area contributed by atoms with Crippen molar-refractivity contribution in [1.82, 2.24) is 25.2 Å². The number of aromatic nitrogens is 3. The fourth-order valence-electron chi connectivity index (χ4n) is 5.25. The average Bonchev–Trinajstić information content (AvgIpc) is 3.60. The van der Waals surface area contributed by atoms with Crippen molar-refractivity contribution >= 4 is 29.3 Å². The molecule has 226 valence electrons. The van der Waals surface area contributed by atoms with Crippen molar-refractivity contribution in [2.45, 2.75) is 12.8 Å². The van der Waals surface area contributed by atoms with Gasteiger partial charge in [-0.1, -0.05) is 30.3 Å². The lowest BCUT2D eigenvalue weighted by molar-refractivity contribution is 0.0949. The molecule has 2 fully saturated rings. The van der Waals surface area contributed by atoms with Crippen molar-refractivity contribution in [2.75, 3.05) is 68.0 Å². The summed E-state index contributed by atoms with van der Waals surface area (Å²) in [5.41, 5.74) is 3.47. The number of hydrogen-bond acceptors (Lipinski definition) is 8. The van der Waals surface area contributed by atoms with E-state index in [9.17, 15) is 9.59 Å². The van der Waals surface area contributed by atoms with Crippen LogP contribution < -0.4 is 20.9 Å². The molecule has 11 heteroatoms. The van der Waals surface area contributed by atoms with Gasteiger partial charge >= 0.3 is 6.03 Å². The van der Waals surface area contributed by atoms with Gasteiger partial charge in [0.05, 0.1) is 13.2 Å². The maximum atomic E-state index is 12.7. The van der Waals surface area contributed by atoms with Crippen LogP contribution in [-0.4, -0.2) is 84.3 Å². The number of carbonyl (C=O) groups excluding carboxylic acids is 2. The van der Waals surface area contributed by atoms with Crippen LogP contribution in [0.2, 0.25) is 0 Å². The molecule has 0 radical (unpaired) electrons. The fraction of sp³-hybridized carbons (Fsp3) is 0.303. The maximum absolute atomic E-state index is 12.7. The SMILES string of the molecule is O=C(Nc1ccc(C(=O)NCCN2CCCC2)cc1)Nc1ccc(-c2nc(-c3ccccc3)nc(N3CCOCC3)n2)cc1. The molecule has 0 atom stereocenters. The number of amides is 3. The van der Waals surface area contributed by atoms with E-state index in [1.807, 2.05) is 54.6 Å². The summed E-state index contributed by atoms with van der Waals surface area (Å²) in [5, 5.41) is 8.63. The van der Waals surface area contributed by atoms with E-state index in [4.69, 9.17) is 19.7 Å². The van der Waals surface area contributed by atoms with Gasteiger partial charge in [-0.3, -0.25) is 4.79 Å². The van der Waals surface area contributed by atoms with Crippen molar-refractivity contribution in [3.63, 3.8) is 0 Å². The van der Waals surface area contributed by atoms with Gasteiger partial charge in [-0.2, -0.15) is 9.97 Å². The normalized spacial score (nSPS) is 15.1. The predicted molar refractivity (Wildman–Crippen MR) is 171 cm³/mol. The van der Waals surface area contributed by atoms with E-state index >= 15 is 0 Å². The Bertz CT molecular complexity index is 1550. The lowest BCUT2D eigenvalue weighted by atomic mass is 10.1. The standard InChI is InChI=1S/C33H36N8O3/c42-31(34-16-19-40-17-4-5-18-40)26-10-14-28(15-11-26)36-33(43)35-27-12-8-25(9-13-27)30-37-29(24-6-2-1-3-7-24)38-32(39-30)41-20-22-44-23-21-41/h1-3,6-15H,4-5,16-23H2,(H,34,42)(H2,35,36,43). The monoisotopic (exact) mass is 592 g/mol. The molecule has 0 aliphatic carbocycles. The molecule has 11 nitrogen and oxygen atoms in total. The number of morpholine rings is 1. The second kappa shape index (κ2) is 14.1. The fourth-order valence-corrected chi connectivity index (χ4v) is 5.25. The number of benzene rings is 3. The van der Waals surface area contributed by atoms with Crippen molar-refractivity contribution in [3.8, 4) is 22.8 Å². The van der Waals surface area contributed by atoms with E-state index in [1.165, 1.54) is 12.8 Å². The van der Waals surface area contributed by atoms with E-state index in [2.05, 4.69) is 25.8 Å². The minimum Gasteiger partial charge on any atom is -0.378 e. The number of urea groups is 1. The minimum absolute atomic E-state index is 0.119. The van der Waals surface area contributed by atoms with Crippen LogP contribution >= 0.6 is 0 Å². The highest BCUT2D eigenvalue weighted by molar-refractivity contribution is 6.00. The number of likely N-dealkylation sites (tertiary alicyclic amines) is 1. The van der Waals surface area contributed by atoms with Crippen LogP contribution in [0.25, 0.3) is 22.8 Å². The Morgan fingerprint density at radius 3 is 1.93 bits per heavy atom. The molecule has 1 aromatic heterocycles. The lowest BCUT2D eigenvalue weighted by Gasteiger charge is -2.27. The Morgan fingerprint density at radius 1 is 0.705 bits per heavy atom. The van der Waals surface area contributed by atoms with Gasteiger partial charge in [-0.05, 0) is 74.5 Å². The molecule has 2 aliphatic heterocycles. The first-order valence-electron chi connectivity index (χ1n) is 15.0. The van der Waals surface area contributed by atoms with Gasteiger partial charge in [-0.15, -0.1) is 0 Å². The zero-order chi connectivity index (χ0) is 30.1. The smallest absolute Gasteiger partial charge is 0.323 e. The number of nitrogens with one attached hydrogen (secondary N) is 3. The molecule has 4 aromatic rings. The summed E-state index contributed by atoms with van der Waals surface area (Å²) in [6.07, 6.45) is 2.46. The number of carbonyl (C=O) groups is 2. The molecular formula is C33H36N8O3. The summed E-state index contributed by atoms with van der Waals surface area (Å²) in [7, 11) is 0. The van der Waals surface area contributed by atoms with E-state index < -0.39 is 0 Å². The number of rotatable bonds is 9. The molecule has 3 amide bonds. The highest BCUT2D eigenvalue weighted by Gasteiger charge is 2.18. The van der Waals surface area contributed by atoms with Crippen molar-refractivity contribution in [3.05, 3.63) is 84.4 Å². The second-order valence-electron chi connectivity index (χ2n) is 10.8. The lowest BCUT2D eigenvalue weighted by Crippen LogP contribution is -2.37. The van der Waals surface area contributed by atoms with Gasteiger partial charge in [-0.25, -0.2) is 9.78 Å². The molecule has 2 saturated heterocycles. The van der Waals surface area contributed by atoms with Crippen molar-refractivity contribution in [2.24, 2.45) is 0 Å². The largest absolute Gasteiger partial charge is 0.378 e. The van der Waals surface area contributed by atoms with Crippen LogP contribution in [0.3, 0.4) is 0 Å². The van der Waals surface area contributed by atoms with Gasteiger partial charge in [0.15, 0.2) is 11.6 Å². The molecular weight excluding hydrogens is 556 g/mol. The first-order chi connectivity index (χ1) is 21.6. The summed E-state index contributed by atoms with van der Waals surface area (Å²) in [6.45, 7) is 6.38. The van der Waals surface area contributed by atoms with E-state index in [1.54, 1.807) is 24.3 Å².